The highest BCUT2D eigenvalue weighted by Crippen LogP contribution is 2.32. The predicted octanol–water partition coefficient (Wildman–Crippen LogP) is 7.02. The summed E-state index contributed by atoms with van der Waals surface area (Å²) in [7, 11) is 1.69. The van der Waals surface area contributed by atoms with Gasteiger partial charge >= 0.3 is 0 Å². The van der Waals surface area contributed by atoms with Gasteiger partial charge in [-0.2, -0.15) is 0 Å². The van der Waals surface area contributed by atoms with E-state index in [-0.39, 0.29) is 0 Å². The molecular weight excluding hydrogens is 408 g/mol. The number of hydrogen-bond donors (Lipinski definition) is 0. The minimum absolute atomic E-state index is 0.443. The van der Waals surface area contributed by atoms with Crippen LogP contribution in [0.5, 0.6) is 5.75 Å². The summed E-state index contributed by atoms with van der Waals surface area (Å²) in [6.07, 6.45) is 0. The molecule has 0 N–H and O–H groups in total. The van der Waals surface area contributed by atoms with Crippen molar-refractivity contribution in [3.8, 4) is 22.7 Å². The topological polar surface area (TPSA) is 35.8 Å². The molecule has 0 saturated carbocycles. The fourth-order valence-corrected chi connectivity index (χ4v) is 3.93. The van der Waals surface area contributed by atoms with E-state index in [1.165, 1.54) is 11.1 Å². The van der Waals surface area contributed by atoms with Gasteiger partial charge < -0.3 is 14.1 Å². The van der Waals surface area contributed by atoms with Crippen LogP contribution in [0.3, 0.4) is 0 Å². The van der Waals surface area contributed by atoms with Crippen molar-refractivity contribution in [2.75, 3.05) is 7.11 Å². The first-order valence-corrected chi connectivity index (χ1v) is 11.1. The lowest BCUT2D eigenvalue weighted by atomic mass is 10.1. The fraction of sp³-hybridized carbons (Fsp3) is 0.207. The number of ether oxygens (including phenoxy) is 1. The molecule has 0 bridgehead atoms. The van der Waals surface area contributed by atoms with E-state index in [2.05, 4.69) is 97.2 Å². The first-order valence-electron chi connectivity index (χ1n) is 11.1. The van der Waals surface area contributed by atoms with Gasteiger partial charge in [-0.05, 0) is 63.6 Å². The van der Waals surface area contributed by atoms with Crippen LogP contribution >= 0.6 is 0 Å². The predicted molar refractivity (Wildman–Crippen MR) is 135 cm³/mol. The minimum atomic E-state index is 0.443. The molecule has 3 aromatic carbocycles. The molecule has 1 heterocycles. The molecule has 0 spiro atoms. The van der Waals surface area contributed by atoms with Crippen LogP contribution in [0.15, 0.2) is 84.0 Å². The Balaban J connectivity index is 1.72. The molecule has 1 aromatic heterocycles. The molecule has 0 amide bonds. The van der Waals surface area contributed by atoms with Crippen molar-refractivity contribution in [1.82, 2.24) is 4.57 Å². The van der Waals surface area contributed by atoms with Gasteiger partial charge in [-0.1, -0.05) is 64.8 Å². The standard InChI is InChI=1S/C29H30N2O2/c1-20-9-13-24(14-10-20)19-33-30-22(3)28-18-29(25-7-6-8-27(17-25)32-5)31(23(28)4)26-15-11-21(2)12-16-26/h6-18H,19H2,1-5H3/b30-22-. The number of aromatic nitrogens is 1. The van der Waals surface area contributed by atoms with E-state index in [0.29, 0.717) is 6.61 Å². The zero-order valence-corrected chi connectivity index (χ0v) is 19.9. The third-order valence-corrected chi connectivity index (χ3v) is 5.85. The third-order valence-electron chi connectivity index (χ3n) is 5.85. The van der Waals surface area contributed by atoms with E-state index in [4.69, 9.17) is 9.57 Å². The summed E-state index contributed by atoms with van der Waals surface area (Å²) in [5.74, 6) is 0.829. The first-order chi connectivity index (χ1) is 16.0. The molecule has 0 fully saturated rings. The van der Waals surface area contributed by atoms with Crippen molar-refractivity contribution in [2.24, 2.45) is 5.16 Å². The van der Waals surface area contributed by atoms with Gasteiger partial charge in [0, 0.05) is 22.5 Å². The smallest absolute Gasteiger partial charge is 0.142 e. The Labute approximate surface area is 196 Å². The molecule has 33 heavy (non-hydrogen) atoms. The third kappa shape index (κ3) is 5.01. The molecule has 0 radical (unpaired) electrons. The van der Waals surface area contributed by atoms with E-state index in [1.54, 1.807) is 7.11 Å². The van der Waals surface area contributed by atoms with Crippen LogP contribution in [0, 0.1) is 20.8 Å². The average Bonchev–Trinajstić information content (AvgIpc) is 3.18. The van der Waals surface area contributed by atoms with Gasteiger partial charge in [-0.3, -0.25) is 0 Å². The second-order valence-corrected chi connectivity index (χ2v) is 8.37. The quantitative estimate of drug-likeness (QED) is 0.230. The summed E-state index contributed by atoms with van der Waals surface area (Å²) in [4.78, 5) is 5.70. The van der Waals surface area contributed by atoms with Crippen LogP contribution in [-0.4, -0.2) is 17.4 Å². The minimum Gasteiger partial charge on any atom is -0.497 e. The van der Waals surface area contributed by atoms with E-state index < -0.39 is 0 Å². The largest absolute Gasteiger partial charge is 0.497 e. The maximum atomic E-state index is 5.70. The number of aryl methyl sites for hydroxylation is 2. The molecule has 4 aromatic rings. The molecule has 168 valence electrons. The van der Waals surface area contributed by atoms with Crippen LogP contribution in [0.25, 0.3) is 16.9 Å². The maximum absolute atomic E-state index is 5.70. The van der Waals surface area contributed by atoms with E-state index >= 15 is 0 Å². The Morgan fingerprint density at radius 2 is 1.52 bits per heavy atom. The number of benzene rings is 3. The van der Waals surface area contributed by atoms with Gasteiger partial charge in [-0.15, -0.1) is 0 Å². The maximum Gasteiger partial charge on any atom is 0.142 e. The van der Waals surface area contributed by atoms with Crippen molar-refractivity contribution in [3.05, 3.63) is 107 Å². The van der Waals surface area contributed by atoms with Gasteiger partial charge in [0.15, 0.2) is 0 Å². The Morgan fingerprint density at radius 1 is 0.848 bits per heavy atom. The fourth-order valence-electron chi connectivity index (χ4n) is 3.93. The molecule has 0 aliphatic heterocycles. The summed E-state index contributed by atoms with van der Waals surface area (Å²) in [5.41, 5.74) is 9.84. The lowest BCUT2D eigenvalue weighted by Gasteiger charge is -2.13. The summed E-state index contributed by atoms with van der Waals surface area (Å²) in [5, 5.41) is 4.44. The Hall–Kier alpha value is -3.79. The molecule has 4 nitrogen and oxygen atoms in total. The average molecular weight is 439 g/mol. The normalized spacial score (nSPS) is 11.5. The SMILES string of the molecule is COc1cccc(-c2cc(/C(C)=N\OCc3ccc(C)cc3)c(C)n2-c2ccc(C)cc2)c1. The lowest BCUT2D eigenvalue weighted by Crippen LogP contribution is -2.02. The van der Waals surface area contributed by atoms with Crippen LogP contribution in [0.2, 0.25) is 0 Å². The molecular formula is C29H30N2O2. The molecule has 4 rings (SSSR count). The van der Waals surface area contributed by atoms with Gasteiger partial charge in [0.05, 0.1) is 18.5 Å². The zero-order chi connectivity index (χ0) is 23.4. The Bertz CT molecular complexity index is 1270. The molecule has 0 aliphatic rings. The number of nitrogens with zero attached hydrogens (tertiary/aromatic N) is 2. The summed E-state index contributed by atoms with van der Waals surface area (Å²) in [6.45, 7) is 8.74. The number of hydrogen-bond acceptors (Lipinski definition) is 3. The lowest BCUT2D eigenvalue weighted by molar-refractivity contribution is 0.130. The van der Waals surface area contributed by atoms with Gasteiger partial charge in [0.2, 0.25) is 0 Å². The van der Waals surface area contributed by atoms with Crippen molar-refractivity contribution in [3.63, 3.8) is 0 Å². The Morgan fingerprint density at radius 3 is 2.18 bits per heavy atom. The van der Waals surface area contributed by atoms with Gasteiger partial charge in [0.25, 0.3) is 0 Å². The molecule has 0 atom stereocenters. The first kappa shape index (κ1) is 22.4. The number of rotatable bonds is 7. The highest BCUT2D eigenvalue weighted by Gasteiger charge is 2.17. The zero-order valence-electron chi connectivity index (χ0n) is 19.9. The monoisotopic (exact) mass is 438 g/mol. The van der Waals surface area contributed by atoms with Crippen molar-refractivity contribution in [1.29, 1.82) is 0 Å². The molecule has 0 aliphatic carbocycles. The van der Waals surface area contributed by atoms with Crippen LogP contribution in [-0.2, 0) is 11.4 Å². The van der Waals surface area contributed by atoms with E-state index in [9.17, 15) is 0 Å². The van der Waals surface area contributed by atoms with Gasteiger partial charge in [-0.25, -0.2) is 0 Å². The Kier molecular flexibility index (Phi) is 6.64. The highest BCUT2D eigenvalue weighted by molar-refractivity contribution is 6.01. The molecule has 0 unspecified atom stereocenters. The number of methoxy groups -OCH3 is 1. The van der Waals surface area contributed by atoms with Gasteiger partial charge in [0.1, 0.15) is 12.4 Å². The molecule has 4 heteroatoms. The van der Waals surface area contributed by atoms with E-state index in [1.807, 2.05) is 19.1 Å². The van der Waals surface area contributed by atoms with E-state index in [0.717, 1.165) is 45.2 Å². The van der Waals surface area contributed by atoms with Crippen molar-refractivity contribution < 1.29 is 9.57 Å². The molecule has 0 saturated heterocycles. The number of oxime groups is 1. The van der Waals surface area contributed by atoms with Crippen molar-refractivity contribution in [2.45, 2.75) is 34.3 Å². The summed E-state index contributed by atoms with van der Waals surface area (Å²) in [6, 6.07) is 27.2. The highest BCUT2D eigenvalue weighted by atomic mass is 16.6. The summed E-state index contributed by atoms with van der Waals surface area (Å²) >= 11 is 0. The summed E-state index contributed by atoms with van der Waals surface area (Å²) < 4.78 is 7.74. The van der Waals surface area contributed by atoms with Crippen LogP contribution in [0.4, 0.5) is 0 Å². The van der Waals surface area contributed by atoms with Crippen molar-refractivity contribution >= 4 is 5.71 Å². The van der Waals surface area contributed by atoms with Crippen LogP contribution < -0.4 is 4.74 Å². The van der Waals surface area contributed by atoms with Crippen LogP contribution in [0.1, 0.15) is 34.9 Å². The second-order valence-electron chi connectivity index (χ2n) is 8.37. The second kappa shape index (κ2) is 9.78.